The summed E-state index contributed by atoms with van der Waals surface area (Å²) < 4.78 is 43.4. The van der Waals surface area contributed by atoms with Gasteiger partial charge in [0.2, 0.25) is 23.7 Å². The number of carbonyl (C=O) groups excluding carboxylic acids is 5. The summed E-state index contributed by atoms with van der Waals surface area (Å²) in [4.78, 5) is 86.2. The van der Waals surface area contributed by atoms with Crippen LogP contribution < -0.4 is 10.6 Å². The smallest absolute Gasteiger partial charge is 0.263 e. The highest BCUT2D eigenvalue weighted by atomic mass is 32.2. The monoisotopic (exact) mass is 910 g/mol. The highest BCUT2D eigenvalue weighted by molar-refractivity contribution is 7.99. The fourth-order valence-corrected chi connectivity index (χ4v) is 9.20. The molecule has 3 aromatic heterocycles. The van der Waals surface area contributed by atoms with Crippen molar-refractivity contribution in [3.8, 4) is 11.3 Å². The molecule has 0 saturated carbocycles. The van der Waals surface area contributed by atoms with E-state index in [0.29, 0.717) is 80.4 Å². The van der Waals surface area contributed by atoms with Gasteiger partial charge >= 0.3 is 0 Å². The summed E-state index contributed by atoms with van der Waals surface area (Å²) in [6.07, 6.45) is 3.19. The number of anilines is 2. The molecule has 2 aromatic carbocycles. The molecular weight excluding hydrogens is 863 g/mol. The number of hydrogen-bond acceptors (Lipinski definition) is 14. The van der Waals surface area contributed by atoms with E-state index in [0.717, 1.165) is 16.7 Å². The van der Waals surface area contributed by atoms with Crippen molar-refractivity contribution in [1.29, 1.82) is 0 Å². The number of nitrogens with zero attached hydrogens (tertiary/aromatic N) is 8. The topological polar surface area (TPSA) is 194 Å². The molecule has 6 heterocycles. The Hall–Kier alpha value is -6.22. The van der Waals surface area contributed by atoms with E-state index in [2.05, 4.69) is 35.5 Å². The van der Waals surface area contributed by atoms with Crippen LogP contribution in [0, 0.1) is 18.6 Å². The van der Waals surface area contributed by atoms with E-state index in [1.165, 1.54) is 17.8 Å². The third-order valence-corrected chi connectivity index (χ3v) is 12.4. The Bertz CT molecular complexity index is 2640. The summed E-state index contributed by atoms with van der Waals surface area (Å²) in [5.74, 6) is -1.66. The van der Waals surface area contributed by atoms with Crippen molar-refractivity contribution < 1.29 is 42.2 Å². The van der Waals surface area contributed by atoms with Crippen LogP contribution in [-0.2, 0) is 30.4 Å². The zero-order valence-electron chi connectivity index (χ0n) is 36.1. The first-order valence-corrected chi connectivity index (χ1v) is 22.4. The fraction of sp³-hybridized carbons (Fsp3) is 0.400. The summed E-state index contributed by atoms with van der Waals surface area (Å²) in [5.41, 5.74) is 2.46. The molecule has 0 bridgehead atoms. The lowest BCUT2D eigenvalue weighted by Crippen LogP contribution is -2.54. The second-order valence-corrected chi connectivity index (χ2v) is 17.3. The van der Waals surface area contributed by atoms with Crippen molar-refractivity contribution in [2.24, 2.45) is 0 Å². The van der Waals surface area contributed by atoms with Gasteiger partial charge in [-0.15, -0.1) is 11.8 Å². The van der Waals surface area contributed by atoms with Gasteiger partial charge in [0.1, 0.15) is 28.9 Å². The number of thioether (sulfide) groups is 1. The molecule has 1 unspecified atom stereocenters. The molecule has 17 nitrogen and oxygen atoms in total. The second kappa shape index (κ2) is 19.9. The van der Waals surface area contributed by atoms with E-state index in [4.69, 9.17) is 9.47 Å². The molecule has 340 valence electrons. The van der Waals surface area contributed by atoms with Crippen LogP contribution in [0.15, 0.2) is 59.8 Å². The van der Waals surface area contributed by atoms with E-state index < -0.39 is 41.3 Å². The number of rotatable bonds is 17. The van der Waals surface area contributed by atoms with Crippen LogP contribution in [0.5, 0.6) is 0 Å². The lowest BCUT2D eigenvalue weighted by atomic mass is 10.0. The summed E-state index contributed by atoms with van der Waals surface area (Å²) >= 11 is 1.37. The first-order chi connectivity index (χ1) is 31.4. The van der Waals surface area contributed by atoms with Crippen molar-refractivity contribution in [1.82, 2.24) is 44.5 Å². The van der Waals surface area contributed by atoms with E-state index in [1.54, 1.807) is 43.5 Å². The number of carbonyl (C=O) groups is 5. The van der Waals surface area contributed by atoms with Crippen LogP contribution >= 0.6 is 11.8 Å². The summed E-state index contributed by atoms with van der Waals surface area (Å²) in [7, 11) is 0. The number of piperazine rings is 1. The molecule has 0 aliphatic carbocycles. The lowest BCUT2D eigenvalue weighted by Gasteiger charge is -2.34. The van der Waals surface area contributed by atoms with Gasteiger partial charge in [0.25, 0.3) is 11.8 Å². The quantitative estimate of drug-likeness (QED) is 0.0714. The Morgan fingerprint density at radius 2 is 1.71 bits per heavy atom. The number of piperidine rings is 1. The van der Waals surface area contributed by atoms with Gasteiger partial charge in [-0.2, -0.15) is 0 Å². The van der Waals surface area contributed by atoms with Crippen molar-refractivity contribution >= 4 is 64.1 Å². The molecule has 5 amide bonds. The standard InChI is InChI=1S/C45H48F2N10O7S/c1-26(2)56-27(3)50-41-31(46)21-29(22-34(41)56)40-32(47)24-49-45(53-40)51-36-9-7-28(23-48-36)25-54-12-14-55(15-13-54)38(59)11-16-63-17-18-64-19-20-65-35-6-4-5-30-39(35)44(62)57(43(30)61)33-8-10-37(58)52-42(33)60/h4-7,9,21-24,26,33H,8,10-20,25H2,1-3H3,(H,52,58,60)(H,48,49,51,53). The van der Waals surface area contributed by atoms with Crippen LogP contribution in [0.1, 0.15) is 71.3 Å². The first-order valence-electron chi connectivity index (χ1n) is 21.4. The third kappa shape index (κ3) is 10.0. The Kier molecular flexibility index (Phi) is 13.9. The van der Waals surface area contributed by atoms with E-state index >= 15 is 8.78 Å². The summed E-state index contributed by atoms with van der Waals surface area (Å²) in [6.45, 7) is 10.2. The maximum Gasteiger partial charge on any atom is 0.263 e. The molecule has 2 fully saturated rings. The van der Waals surface area contributed by atoms with Crippen LogP contribution in [0.2, 0.25) is 0 Å². The highest BCUT2D eigenvalue weighted by Gasteiger charge is 2.45. The van der Waals surface area contributed by atoms with Gasteiger partial charge in [-0.3, -0.25) is 39.1 Å². The SMILES string of the molecule is Cc1nc2c(F)cc(-c3nc(Nc4ccc(CN5CCN(C(=O)CCOCCOCCSc6cccc7c6C(=O)N(C6CCC(=O)NC6=O)C7=O)CC5)cn4)ncc3F)cc2n1C(C)C. The molecule has 5 aromatic rings. The molecule has 3 aliphatic heterocycles. The van der Waals surface area contributed by atoms with Crippen molar-refractivity contribution in [2.45, 2.75) is 63.6 Å². The van der Waals surface area contributed by atoms with Gasteiger partial charge < -0.3 is 24.3 Å². The minimum atomic E-state index is -1.02. The van der Waals surface area contributed by atoms with Gasteiger partial charge in [0.05, 0.1) is 55.7 Å². The minimum Gasteiger partial charge on any atom is -0.379 e. The van der Waals surface area contributed by atoms with Crippen molar-refractivity contribution in [3.05, 3.63) is 89.0 Å². The number of hydrogen-bond donors (Lipinski definition) is 2. The molecule has 65 heavy (non-hydrogen) atoms. The number of benzene rings is 2. The molecule has 0 spiro atoms. The van der Waals surface area contributed by atoms with Gasteiger partial charge in [-0.1, -0.05) is 12.1 Å². The maximum absolute atomic E-state index is 15.1. The molecule has 20 heteroatoms. The van der Waals surface area contributed by atoms with Crippen molar-refractivity contribution in [3.63, 3.8) is 0 Å². The number of ether oxygens (including phenoxy) is 2. The number of halogens is 2. The number of nitrogens with one attached hydrogen (secondary N) is 2. The summed E-state index contributed by atoms with van der Waals surface area (Å²) in [5, 5.41) is 5.22. The Morgan fingerprint density at radius 3 is 2.45 bits per heavy atom. The van der Waals surface area contributed by atoms with Gasteiger partial charge in [-0.25, -0.2) is 28.7 Å². The number of aryl methyl sites for hydroxylation is 1. The zero-order chi connectivity index (χ0) is 45.8. The Labute approximate surface area is 377 Å². The number of imide groups is 2. The average molecular weight is 911 g/mol. The first kappa shape index (κ1) is 45.4. The minimum absolute atomic E-state index is 0.0211. The number of amides is 5. The maximum atomic E-state index is 15.1. The largest absolute Gasteiger partial charge is 0.379 e. The Balaban J connectivity index is 0.717. The van der Waals surface area contributed by atoms with Crippen LogP contribution in [-0.4, -0.2) is 133 Å². The van der Waals surface area contributed by atoms with Crippen molar-refractivity contribution in [2.75, 3.05) is 63.7 Å². The number of imidazole rings is 1. The predicted octanol–water partition coefficient (Wildman–Crippen LogP) is 5.06. The molecular formula is C45H48F2N10O7S. The van der Waals surface area contributed by atoms with E-state index in [9.17, 15) is 24.0 Å². The average Bonchev–Trinajstić information content (AvgIpc) is 3.76. The van der Waals surface area contributed by atoms with Gasteiger partial charge in [0, 0.05) is 67.6 Å². The normalized spacial score (nSPS) is 16.8. The van der Waals surface area contributed by atoms with Gasteiger partial charge in [0.15, 0.2) is 11.6 Å². The number of pyridine rings is 1. The van der Waals surface area contributed by atoms with Crippen LogP contribution in [0.3, 0.4) is 0 Å². The van der Waals surface area contributed by atoms with E-state index in [-0.39, 0.29) is 71.7 Å². The summed E-state index contributed by atoms with van der Waals surface area (Å²) in [6, 6.07) is 10.6. The van der Waals surface area contributed by atoms with Crippen LogP contribution in [0.25, 0.3) is 22.3 Å². The highest BCUT2D eigenvalue weighted by Crippen LogP contribution is 2.35. The second-order valence-electron chi connectivity index (χ2n) is 16.1. The lowest BCUT2D eigenvalue weighted by molar-refractivity contribution is -0.136. The van der Waals surface area contributed by atoms with Gasteiger partial charge in [-0.05, 0) is 63.1 Å². The number of fused-ring (bicyclic) bond motifs is 2. The molecule has 3 aliphatic rings. The molecule has 8 rings (SSSR count). The molecule has 2 saturated heterocycles. The third-order valence-electron chi connectivity index (χ3n) is 11.4. The number of aromatic nitrogens is 5. The molecule has 2 N–H and O–H groups in total. The predicted molar refractivity (Wildman–Crippen MR) is 235 cm³/mol. The molecule has 1 atom stereocenters. The Morgan fingerprint density at radius 1 is 0.923 bits per heavy atom. The van der Waals surface area contributed by atoms with Crippen LogP contribution in [0.4, 0.5) is 20.5 Å². The molecule has 0 radical (unpaired) electrons. The zero-order valence-corrected chi connectivity index (χ0v) is 37.0. The van der Waals surface area contributed by atoms with E-state index in [1.807, 2.05) is 29.4 Å². The fourth-order valence-electron chi connectivity index (χ4n) is 8.26.